The summed E-state index contributed by atoms with van der Waals surface area (Å²) in [6, 6.07) is 7.44. The molecule has 1 aliphatic rings. The summed E-state index contributed by atoms with van der Waals surface area (Å²) < 4.78 is 25.8. The number of aromatic nitrogens is 3. The van der Waals surface area contributed by atoms with Crippen molar-refractivity contribution in [1.82, 2.24) is 14.1 Å². The molecule has 4 aromatic rings. The van der Waals surface area contributed by atoms with E-state index in [1.165, 1.54) is 42.2 Å². The van der Waals surface area contributed by atoms with Gasteiger partial charge >= 0.3 is 5.69 Å². The van der Waals surface area contributed by atoms with E-state index in [0.717, 1.165) is 23.0 Å². The number of aryl methyl sites for hydroxylation is 1. The van der Waals surface area contributed by atoms with Crippen LogP contribution in [0.25, 0.3) is 21.0 Å². The van der Waals surface area contributed by atoms with E-state index in [2.05, 4.69) is 4.98 Å². The molecule has 1 aliphatic heterocycles. The van der Waals surface area contributed by atoms with Crippen LogP contribution in [0, 0.1) is 6.92 Å². The molecule has 4 heterocycles. The molecule has 0 bridgehead atoms. The minimum absolute atomic E-state index is 0.0340. The molecule has 0 spiro atoms. The molecule has 0 saturated carbocycles. The van der Waals surface area contributed by atoms with Gasteiger partial charge in [0.15, 0.2) is 0 Å². The predicted molar refractivity (Wildman–Crippen MR) is 150 cm³/mol. The van der Waals surface area contributed by atoms with E-state index in [1.54, 1.807) is 14.0 Å². The highest BCUT2D eigenvalue weighted by Gasteiger charge is 2.35. The Morgan fingerprint density at radius 1 is 1.30 bits per heavy atom. The van der Waals surface area contributed by atoms with Crippen molar-refractivity contribution in [3.05, 3.63) is 68.7 Å². The number of oxazole rings is 1. The molecule has 3 aromatic heterocycles. The summed E-state index contributed by atoms with van der Waals surface area (Å²) in [4.78, 5) is 45.8. The minimum Gasteiger partial charge on any atom is -0.496 e. The van der Waals surface area contributed by atoms with E-state index in [1.807, 2.05) is 24.3 Å². The molecular formula is C28H32N4O7S. The topological polar surface area (TPSA) is 141 Å². The minimum atomic E-state index is -1.60. The van der Waals surface area contributed by atoms with Crippen molar-refractivity contribution in [2.75, 3.05) is 20.3 Å². The highest BCUT2D eigenvalue weighted by atomic mass is 32.1. The molecule has 2 N–H and O–H groups in total. The summed E-state index contributed by atoms with van der Waals surface area (Å²) in [5, 5.41) is 0.284. The lowest BCUT2D eigenvalue weighted by Crippen LogP contribution is -2.54. The molecule has 212 valence electrons. The van der Waals surface area contributed by atoms with Crippen LogP contribution in [-0.2, 0) is 26.4 Å². The fourth-order valence-corrected chi connectivity index (χ4v) is 6.26. The van der Waals surface area contributed by atoms with Gasteiger partial charge in [0.05, 0.1) is 42.8 Å². The number of para-hydroxylation sites is 1. The lowest BCUT2D eigenvalue weighted by atomic mass is 10.0. The van der Waals surface area contributed by atoms with Crippen LogP contribution < -0.4 is 21.7 Å². The second-order valence-electron chi connectivity index (χ2n) is 10.2. The first kappa shape index (κ1) is 27.8. The number of rotatable bonds is 9. The Balaban J connectivity index is 1.76. The number of amides is 1. The highest BCUT2D eigenvalue weighted by Crippen LogP contribution is 2.37. The van der Waals surface area contributed by atoms with Gasteiger partial charge < -0.3 is 24.4 Å². The zero-order chi connectivity index (χ0) is 28.6. The Kier molecular flexibility index (Phi) is 7.67. The van der Waals surface area contributed by atoms with Crippen LogP contribution in [0.5, 0.6) is 5.75 Å². The summed E-state index contributed by atoms with van der Waals surface area (Å²) in [6.07, 6.45) is 3.78. The summed E-state index contributed by atoms with van der Waals surface area (Å²) in [5.74, 6) is 0.118. The standard InChI is InChI=1S/C28H32N4O7S/c1-16-21-24(33)32(28(2,3)26(29)34)27(35)31(25(21)40-22(16)23-30-11-13-38-23)14-20(39-17-8-7-12-37-15-17)18-9-5-6-10-19(18)36-4/h5-6,9-11,13,17,20H,7-8,12,14-15H2,1-4H3,(H2,29,34)/t17?,20-/m0/s1. The van der Waals surface area contributed by atoms with Crippen LogP contribution in [-0.4, -0.2) is 46.5 Å². The van der Waals surface area contributed by atoms with Crippen molar-refractivity contribution < 1.29 is 23.4 Å². The van der Waals surface area contributed by atoms with Gasteiger partial charge in [-0.3, -0.25) is 14.2 Å². The number of fused-ring (bicyclic) bond motifs is 1. The molecule has 11 nitrogen and oxygen atoms in total. The van der Waals surface area contributed by atoms with Gasteiger partial charge in [0.25, 0.3) is 5.56 Å². The zero-order valence-corrected chi connectivity index (χ0v) is 23.7. The lowest BCUT2D eigenvalue weighted by molar-refractivity contribution is -0.125. The van der Waals surface area contributed by atoms with E-state index in [4.69, 9.17) is 24.4 Å². The second-order valence-corrected chi connectivity index (χ2v) is 11.2. The normalized spacial score (nSPS) is 16.8. The van der Waals surface area contributed by atoms with Gasteiger partial charge in [-0.1, -0.05) is 18.2 Å². The number of ether oxygens (including phenoxy) is 3. The first-order valence-electron chi connectivity index (χ1n) is 13.0. The molecule has 0 aliphatic carbocycles. The molecule has 40 heavy (non-hydrogen) atoms. The predicted octanol–water partition coefficient (Wildman–Crippen LogP) is 3.35. The van der Waals surface area contributed by atoms with Gasteiger partial charge in [-0.15, -0.1) is 11.3 Å². The lowest BCUT2D eigenvalue weighted by Gasteiger charge is -2.30. The number of thiophene rings is 1. The van der Waals surface area contributed by atoms with Crippen LogP contribution in [0.4, 0.5) is 0 Å². The van der Waals surface area contributed by atoms with Gasteiger partial charge in [0, 0.05) is 12.2 Å². The van der Waals surface area contributed by atoms with Crippen molar-refractivity contribution in [2.45, 2.75) is 57.9 Å². The van der Waals surface area contributed by atoms with Gasteiger partial charge in [-0.05, 0) is 45.2 Å². The molecule has 1 fully saturated rings. The summed E-state index contributed by atoms with van der Waals surface area (Å²) in [5.41, 5.74) is 4.13. The number of hydrogen-bond acceptors (Lipinski definition) is 9. The number of nitrogens with two attached hydrogens (primary N) is 1. The van der Waals surface area contributed by atoms with E-state index < -0.39 is 28.8 Å². The third-order valence-electron chi connectivity index (χ3n) is 7.31. The number of methoxy groups -OCH3 is 1. The molecule has 1 saturated heterocycles. The molecule has 1 unspecified atom stereocenters. The molecule has 2 atom stereocenters. The van der Waals surface area contributed by atoms with Crippen LogP contribution in [0.2, 0.25) is 0 Å². The number of primary amides is 1. The van der Waals surface area contributed by atoms with Gasteiger partial charge in [0.1, 0.15) is 28.5 Å². The third-order valence-corrected chi connectivity index (χ3v) is 8.61. The van der Waals surface area contributed by atoms with Crippen molar-refractivity contribution in [3.63, 3.8) is 0 Å². The van der Waals surface area contributed by atoms with Crippen LogP contribution in [0.3, 0.4) is 0 Å². The molecular weight excluding hydrogens is 536 g/mol. The van der Waals surface area contributed by atoms with Crippen LogP contribution in [0.15, 0.2) is 50.7 Å². The van der Waals surface area contributed by atoms with Crippen molar-refractivity contribution in [1.29, 1.82) is 0 Å². The Labute approximate surface area is 234 Å². The fourth-order valence-electron chi connectivity index (χ4n) is 5.01. The molecule has 0 radical (unpaired) electrons. The fraction of sp³-hybridized carbons (Fsp3) is 0.429. The number of carbonyl (C=O) groups is 1. The van der Waals surface area contributed by atoms with E-state index in [-0.39, 0.29) is 18.0 Å². The first-order valence-corrected chi connectivity index (χ1v) is 13.8. The monoisotopic (exact) mass is 568 g/mol. The number of hydrogen-bond donors (Lipinski definition) is 1. The molecule has 5 rings (SSSR count). The second kappa shape index (κ2) is 11.0. The summed E-state index contributed by atoms with van der Waals surface area (Å²) in [6.45, 7) is 5.81. The zero-order valence-electron chi connectivity index (χ0n) is 22.8. The van der Waals surface area contributed by atoms with Crippen LogP contribution >= 0.6 is 11.3 Å². The average Bonchev–Trinajstić information content (AvgIpc) is 3.59. The third kappa shape index (κ3) is 4.87. The summed E-state index contributed by atoms with van der Waals surface area (Å²) >= 11 is 1.22. The number of carbonyl (C=O) groups excluding carboxylic acids is 1. The number of nitrogens with zero attached hydrogens (tertiary/aromatic N) is 3. The highest BCUT2D eigenvalue weighted by molar-refractivity contribution is 7.22. The maximum Gasteiger partial charge on any atom is 0.333 e. The van der Waals surface area contributed by atoms with Gasteiger partial charge in [-0.25, -0.2) is 14.3 Å². The maximum absolute atomic E-state index is 14.1. The van der Waals surface area contributed by atoms with E-state index in [9.17, 15) is 14.4 Å². The summed E-state index contributed by atoms with van der Waals surface area (Å²) in [7, 11) is 1.57. The van der Waals surface area contributed by atoms with Crippen molar-refractivity contribution >= 4 is 27.5 Å². The average molecular weight is 569 g/mol. The van der Waals surface area contributed by atoms with Crippen molar-refractivity contribution in [3.8, 4) is 16.5 Å². The van der Waals surface area contributed by atoms with E-state index in [0.29, 0.717) is 40.1 Å². The Hall–Kier alpha value is -3.74. The molecule has 1 amide bonds. The van der Waals surface area contributed by atoms with Gasteiger partial charge in [-0.2, -0.15) is 0 Å². The Morgan fingerprint density at radius 2 is 2.08 bits per heavy atom. The van der Waals surface area contributed by atoms with E-state index >= 15 is 0 Å². The quantitative estimate of drug-likeness (QED) is 0.324. The SMILES string of the molecule is COc1ccccc1[C@H](Cn1c(=O)n(C(C)(C)C(N)=O)c(=O)c2c(C)c(-c3ncco3)sc21)OC1CCCOC1. The largest absolute Gasteiger partial charge is 0.496 e. The molecule has 12 heteroatoms. The number of benzene rings is 1. The van der Waals surface area contributed by atoms with Gasteiger partial charge in [0.2, 0.25) is 11.8 Å². The molecule has 1 aromatic carbocycles. The van der Waals surface area contributed by atoms with Crippen LogP contribution in [0.1, 0.15) is 43.9 Å². The smallest absolute Gasteiger partial charge is 0.333 e. The Bertz CT molecular complexity index is 1650. The Morgan fingerprint density at radius 3 is 2.73 bits per heavy atom. The maximum atomic E-state index is 14.1. The van der Waals surface area contributed by atoms with Crippen molar-refractivity contribution in [2.24, 2.45) is 5.73 Å². The first-order chi connectivity index (χ1) is 19.1.